The second-order valence-corrected chi connectivity index (χ2v) is 4.57. The molecule has 0 bridgehead atoms. The number of hydrogen-bond acceptors (Lipinski definition) is 2. The Balaban J connectivity index is 4.55. The van der Waals surface area contributed by atoms with Crippen LogP contribution in [0.5, 0.6) is 0 Å². The van der Waals surface area contributed by atoms with E-state index >= 15 is 0 Å². The summed E-state index contributed by atoms with van der Waals surface area (Å²) in [6.45, 7) is 5.65. The molecule has 62 valence electrons. The summed E-state index contributed by atoms with van der Waals surface area (Å²) in [7, 11) is 0. The van der Waals surface area contributed by atoms with Crippen molar-refractivity contribution in [3.8, 4) is 0 Å². The van der Waals surface area contributed by atoms with Gasteiger partial charge >= 0.3 is 0 Å². The van der Waals surface area contributed by atoms with Crippen molar-refractivity contribution in [3.63, 3.8) is 0 Å². The molecule has 0 aromatic carbocycles. The normalized spacial score (nSPS) is 15.4. The average Bonchev–Trinajstić information content (AvgIpc) is 1.88. The first-order chi connectivity index (χ1) is 4.92. The highest BCUT2D eigenvalue weighted by Gasteiger charge is 2.33. The number of nitrogens with zero attached hydrogens (tertiary/aromatic N) is 1. The minimum absolute atomic E-state index is 0.182. The Hall–Kier alpha value is -0.0500. The van der Waals surface area contributed by atoms with Gasteiger partial charge in [-0.25, -0.2) is 0 Å². The van der Waals surface area contributed by atoms with Crippen LogP contribution in [-0.2, 0) is 4.79 Å². The van der Waals surface area contributed by atoms with E-state index in [1.807, 2.05) is 13.8 Å². The SMILES string of the molecule is CC(C)C(C)(Br)C(=O)N=C=S. The zero-order valence-electron chi connectivity index (χ0n) is 6.72. The number of amides is 1. The van der Waals surface area contributed by atoms with Crippen LogP contribution in [0, 0.1) is 5.92 Å². The van der Waals surface area contributed by atoms with Crippen molar-refractivity contribution >= 4 is 39.2 Å². The van der Waals surface area contributed by atoms with Crippen molar-refractivity contribution in [2.24, 2.45) is 10.9 Å². The molecule has 4 heteroatoms. The first-order valence-corrected chi connectivity index (χ1v) is 4.44. The maximum absolute atomic E-state index is 11.2. The molecule has 1 amide bonds. The molecule has 0 rings (SSSR count). The van der Waals surface area contributed by atoms with E-state index in [2.05, 4.69) is 38.3 Å². The number of carbonyl (C=O) groups is 1. The highest BCUT2D eigenvalue weighted by molar-refractivity contribution is 9.10. The van der Waals surface area contributed by atoms with Gasteiger partial charge in [0.1, 0.15) is 4.32 Å². The summed E-state index contributed by atoms with van der Waals surface area (Å²) in [5.74, 6) is -0.0930. The Morgan fingerprint density at radius 3 is 2.45 bits per heavy atom. The van der Waals surface area contributed by atoms with Crippen molar-refractivity contribution in [1.82, 2.24) is 0 Å². The number of hydrogen-bond donors (Lipinski definition) is 0. The number of thiocarbonyl (C=S) groups is 1. The third-order valence-electron chi connectivity index (χ3n) is 1.65. The van der Waals surface area contributed by atoms with Gasteiger partial charge < -0.3 is 0 Å². The molecule has 0 spiro atoms. The van der Waals surface area contributed by atoms with E-state index in [9.17, 15) is 4.79 Å². The summed E-state index contributed by atoms with van der Waals surface area (Å²) in [5, 5.41) is 2.06. The zero-order chi connectivity index (χ0) is 9.07. The molecule has 11 heavy (non-hydrogen) atoms. The molecular formula is C7H10BrNOS. The van der Waals surface area contributed by atoms with Crippen molar-refractivity contribution in [2.75, 3.05) is 0 Å². The first-order valence-electron chi connectivity index (χ1n) is 3.24. The predicted octanol–water partition coefficient (Wildman–Crippen LogP) is 2.43. The van der Waals surface area contributed by atoms with E-state index in [0.717, 1.165) is 0 Å². The summed E-state index contributed by atoms with van der Waals surface area (Å²) in [5.41, 5.74) is 0. The number of alkyl halides is 1. The lowest BCUT2D eigenvalue weighted by Crippen LogP contribution is -2.32. The molecule has 0 heterocycles. The number of aliphatic imine (C=N–C) groups is 1. The lowest BCUT2D eigenvalue weighted by Gasteiger charge is -2.21. The molecular weight excluding hydrogens is 226 g/mol. The van der Waals surface area contributed by atoms with Gasteiger partial charge in [-0.05, 0) is 25.1 Å². The average molecular weight is 236 g/mol. The second-order valence-electron chi connectivity index (χ2n) is 2.74. The summed E-state index contributed by atoms with van der Waals surface area (Å²) in [6.07, 6.45) is 0. The number of carbonyl (C=O) groups excluding carboxylic acids is 1. The third-order valence-corrected chi connectivity index (χ3v) is 3.00. The van der Waals surface area contributed by atoms with Gasteiger partial charge in [0, 0.05) is 0 Å². The maximum Gasteiger partial charge on any atom is 0.271 e. The van der Waals surface area contributed by atoms with Gasteiger partial charge in [-0.15, -0.1) is 0 Å². The topological polar surface area (TPSA) is 29.4 Å². The summed E-state index contributed by atoms with van der Waals surface area (Å²) in [4.78, 5) is 14.6. The fraction of sp³-hybridized carbons (Fsp3) is 0.714. The van der Waals surface area contributed by atoms with Gasteiger partial charge in [0.25, 0.3) is 5.91 Å². The molecule has 0 radical (unpaired) electrons. The molecule has 0 N–H and O–H groups in total. The van der Waals surface area contributed by atoms with E-state index < -0.39 is 4.32 Å². The monoisotopic (exact) mass is 235 g/mol. The van der Waals surface area contributed by atoms with Crippen LogP contribution in [0.15, 0.2) is 4.99 Å². The van der Waals surface area contributed by atoms with Crippen molar-refractivity contribution < 1.29 is 4.79 Å². The van der Waals surface area contributed by atoms with E-state index in [1.54, 1.807) is 6.92 Å². The fourth-order valence-corrected chi connectivity index (χ4v) is 0.569. The molecule has 0 aliphatic rings. The lowest BCUT2D eigenvalue weighted by molar-refractivity contribution is -0.120. The molecule has 0 aliphatic carbocycles. The van der Waals surface area contributed by atoms with Crippen LogP contribution in [0.1, 0.15) is 20.8 Å². The van der Waals surface area contributed by atoms with Crippen LogP contribution in [0.4, 0.5) is 0 Å². The molecule has 0 aromatic heterocycles. The van der Waals surface area contributed by atoms with Gasteiger partial charge in [-0.2, -0.15) is 4.99 Å². The Morgan fingerprint density at radius 2 is 2.18 bits per heavy atom. The smallest absolute Gasteiger partial charge is 0.270 e. The van der Waals surface area contributed by atoms with E-state index in [-0.39, 0.29) is 11.8 Å². The molecule has 0 aromatic rings. The minimum atomic E-state index is -0.612. The van der Waals surface area contributed by atoms with Gasteiger partial charge in [0.2, 0.25) is 0 Å². The van der Waals surface area contributed by atoms with Gasteiger partial charge in [-0.1, -0.05) is 29.8 Å². The van der Waals surface area contributed by atoms with Crippen LogP contribution in [0.3, 0.4) is 0 Å². The molecule has 0 aliphatic heterocycles. The standard InChI is InChI=1S/C7H10BrNOS/c1-5(2)7(3,8)6(10)9-4-11/h5H,1-3H3. The number of halogens is 1. The van der Waals surface area contributed by atoms with Crippen LogP contribution in [0.25, 0.3) is 0 Å². The molecule has 2 nitrogen and oxygen atoms in total. The van der Waals surface area contributed by atoms with Gasteiger partial charge in [0.05, 0.1) is 5.16 Å². The third kappa shape index (κ3) is 2.81. The molecule has 0 saturated carbocycles. The van der Waals surface area contributed by atoms with Crippen LogP contribution < -0.4 is 0 Å². The highest BCUT2D eigenvalue weighted by Crippen LogP contribution is 2.28. The highest BCUT2D eigenvalue weighted by atomic mass is 79.9. The van der Waals surface area contributed by atoms with Crippen molar-refractivity contribution in [2.45, 2.75) is 25.1 Å². The minimum Gasteiger partial charge on any atom is -0.270 e. The van der Waals surface area contributed by atoms with Crippen LogP contribution >= 0.6 is 28.1 Å². The largest absolute Gasteiger partial charge is 0.271 e. The zero-order valence-corrected chi connectivity index (χ0v) is 9.12. The quantitative estimate of drug-likeness (QED) is 0.418. The Morgan fingerprint density at radius 1 is 1.73 bits per heavy atom. The molecule has 0 saturated heterocycles. The Labute approximate surface area is 80.2 Å². The Bertz CT molecular complexity index is 206. The van der Waals surface area contributed by atoms with Crippen molar-refractivity contribution in [1.29, 1.82) is 0 Å². The summed E-state index contributed by atoms with van der Waals surface area (Å²) < 4.78 is -0.612. The summed E-state index contributed by atoms with van der Waals surface area (Å²) >= 11 is 7.61. The first kappa shape index (κ1) is 11.0. The maximum atomic E-state index is 11.2. The van der Waals surface area contributed by atoms with Crippen LogP contribution in [0.2, 0.25) is 0 Å². The fourth-order valence-electron chi connectivity index (χ4n) is 0.398. The summed E-state index contributed by atoms with van der Waals surface area (Å²) in [6, 6.07) is 0. The van der Waals surface area contributed by atoms with E-state index in [0.29, 0.717) is 0 Å². The second kappa shape index (κ2) is 4.10. The molecule has 1 unspecified atom stereocenters. The molecule has 0 fully saturated rings. The van der Waals surface area contributed by atoms with E-state index in [4.69, 9.17) is 0 Å². The predicted molar refractivity (Wildman–Crippen MR) is 52.2 cm³/mol. The number of isothiocyanates is 1. The van der Waals surface area contributed by atoms with Crippen LogP contribution in [-0.4, -0.2) is 15.4 Å². The number of rotatable bonds is 2. The van der Waals surface area contributed by atoms with Gasteiger partial charge in [-0.3, -0.25) is 4.79 Å². The lowest BCUT2D eigenvalue weighted by atomic mass is 9.97. The van der Waals surface area contributed by atoms with Gasteiger partial charge in [0.15, 0.2) is 0 Å². The van der Waals surface area contributed by atoms with Crippen molar-refractivity contribution in [3.05, 3.63) is 0 Å². The molecule has 1 atom stereocenters. The van der Waals surface area contributed by atoms with E-state index in [1.165, 1.54) is 0 Å². The Kier molecular flexibility index (Phi) is 4.08.